The second-order valence-electron chi connectivity index (χ2n) is 9.32. The molecule has 0 aromatic heterocycles. The molecule has 0 aromatic rings. The highest BCUT2D eigenvalue weighted by atomic mass is 35.5. The average molecular weight is 402 g/mol. The fourth-order valence-electron chi connectivity index (χ4n) is 4.75. The first-order valence-electron chi connectivity index (χ1n) is 10.6. The number of amides is 2. The summed E-state index contributed by atoms with van der Waals surface area (Å²) in [6, 6.07) is 0.240. The van der Waals surface area contributed by atoms with E-state index in [1.54, 1.807) is 0 Å². The van der Waals surface area contributed by atoms with Crippen LogP contribution in [-0.4, -0.2) is 29.9 Å². The summed E-state index contributed by atoms with van der Waals surface area (Å²) in [5, 5.41) is 6.40. The van der Waals surface area contributed by atoms with Gasteiger partial charge in [-0.25, -0.2) is 0 Å². The van der Waals surface area contributed by atoms with Gasteiger partial charge in [0.25, 0.3) is 0 Å². The first-order chi connectivity index (χ1) is 12.3. The molecule has 5 nitrogen and oxygen atoms in total. The molecule has 0 saturated heterocycles. The summed E-state index contributed by atoms with van der Waals surface area (Å²) in [6.45, 7) is 6.81. The zero-order valence-electron chi connectivity index (χ0n) is 17.4. The number of hydrogen-bond acceptors (Lipinski definition) is 3. The molecular weight excluding hydrogens is 362 g/mol. The van der Waals surface area contributed by atoms with Gasteiger partial charge < -0.3 is 16.4 Å². The van der Waals surface area contributed by atoms with Gasteiger partial charge >= 0.3 is 0 Å². The summed E-state index contributed by atoms with van der Waals surface area (Å²) in [7, 11) is 0. The molecule has 1 unspecified atom stereocenters. The summed E-state index contributed by atoms with van der Waals surface area (Å²) >= 11 is 0. The van der Waals surface area contributed by atoms with E-state index in [9.17, 15) is 9.59 Å². The molecule has 0 aliphatic heterocycles. The van der Waals surface area contributed by atoms with Crippen LogP contribution in [0, 0.1) is 17.8 Å². The Kier molecular flexibility index (Phi) is 10.1. The van der Waals surface area contributed by atoms with Crippen molar-refractivity contribution in [2.45, 2.75) is 96.6 Å². The first kappa shape index (κ1) is 24.2. The number of carbonyl (C=O) groups excluding carboxylic acids is 2. The molecule has 2 saturated carbocycles. The topological polar surface area (TPSA) is 84.2 Å². The van der Waals surface area contributed by atoms with Crippen LogP contribution in [0.3, 0.4) is 0 Å². The van der Waals surface area contributed by atoms with E-state index in [1.165, 1.54) is 25.7 Å². The molecule has 2 aliphatic rings. The lowest BCUT2D eigenvalue weighted by atomic mass is 9.83. The van der Waals surface area contributed by atoms with E-state index < -0.39 is 0 Å². The maximum absolute atomic E-state index is 12.7. The van der Waals surface area contributed by atoms with Crippen molar-refractivity contribution in [2.75, 3.05) is 6.54 Å². The van der Waals surface area contributed by atoms with Crippen LogP contribution in [0.15, 0.2) is 0 Å². The molecule has 1 atom stereocenters. The summed E-state index contributed by atoms with van der Waals surface area (Å²) in [4.78, 5) is 24.9. The molecule has 4 N–H and O–H groups in total. The van der Waals surface area contributed by atoms with Gasteiger partial charge in [0.1, 0.15) is 0 Å². The van der Waals surface area contributed by atoms with Crippen LogP contribution >= 0.6 is 12.4 Å². The lowest BCUT2D eigenvalue weighted by molar-refractivity contribution is -0.128. The molecule has 0 bridgehead atoms. The Morgan fingerprint density at radius 1 is 1.07 bits per heavy atom. The third-order valence-corrected chi connectivity index (χ3v) is 6.15. The van der Waals surface area contributed by atoms with Crippen LogP contribution in [0.4, 0.5) is 0 Å². The minimum absolute atomic E-state index is 0. The highest BCUT2D eigenvalue weighted by Gasteiger charge is 2.32. The van der Waals surface area contributed by atoms with Gasteiger partial charge in [0, 0.05) is 30.5 Å². The minimum Gasteiger partial charge on any atom is -0.353 e. The monoisotopic (exact) mass is 401 g/mol. The van der Waals surface area contributed by atoms with E-state index in [0.29, 0.717) is 24.8 Å². The molecule has 0 heterocycles. The van der Waals surface area contributed by atoms with E-state index in [2.05, 4.69) is 24.5 Å². The van der Waals surface area contributed by atoms with Gasteiger partial charge in [-0.15, -0.1) is 12.4 Å². The van der Waals surface area contributed by atoms with E-state index >= 15 is 0 Å². The Hall–Kier alpha value is -0.810. The Morgan fingerprint density at radius 3 is 2.19 bits per heavy atom. The summed E-state index contributed by atoms with van der Waals surface area (Å²) < 4.78 is 0. The normalized spacial score (nSPS) is 25.5. The number of nitrogens with two attached hydrogens (primary N) is 1. The lowest BCUT2D eigenvalue weighted by Crippen LogP contribution is -2.54. The maximum atomic E-state index is 12.7. The van der Waals surface area contributed by atoms with Crippen molar-refractivity contribution >= 4 is 24.2 Å². The predicted octanol–water partition coefficient (Wildman–Crippen LogP) is 3.54. The highest BCUT2D eigenvalue weighted by molar-refractivity contribution is 5.85. The second kappa shape index (κ2) is 11.3. The Balaban J connectivity index is 0.00000364. The zero-order chi connectivity index (χ0) is 19.2. The van der Waals surface area contributed by atoms with Gasteiger partial charge in [-0.3, -0.25) is 9.59 Å². The standard InChI is InChI=1S/C21H39N3O2.ClH/c1-15(2)13-21(3,14-22)24-20(26)17-8-10-18(11-9-17)23-19(25)12-16-6-4-5-7-16;/h15-18H,4-14,22H2,1-3H3,(H,23,25)(H,24,26);1H. The van der Waals surface area contributed by atoms with E-state index in [0.717, 1.165) is 32.1 Å². The van der Waals surface area contributed by atoms with E-state index in [-0.39, 0.29) is 41.7 Å². The van der Waals surface area contributed by atoms with Crippen molar-refractivity contribution in [3.8, 4) is 0 Å². The molecule has 0 radical (unpaired) electrons. The molecule has 2 fully saturated rings. The molecule has 6 heteroatoms. The van der Waals surface area contributed by atoms with Gasteiger partial charge in [-0.2, -0.15) is 0 Å². The van der Waals surface area contributed by atoms with Crippen LogP contribution in [0.2, 0.25) is 0 Å². The van der Waals surface area contributed by atoms with Crippen LogP contribution in [0.25, 0.3) is 0 Å². The fourth-order valence-corrected chi connectivity index (χ4v) is 4.75. The van der Waals surface area contributed by atoms with Crippen molar-refractivity contribution in [2.24, 2.45) is 23.5 Å². The number of hydrogen-bond donors (Lipinski definition) is 3. The van der Waals surface area contributed by atoms with Crippen LogP contribution < -0.4 is 16.4 Å². The van der Waals surface area contributed by atoms with Crippen LogP contribution in [0.1, 0.15) is 85.0 Å². The predicted molar refractivity (Wildman–Crippen MR) is 113 cm³/mol. The van der Waals surface area contributed by atoms with Gasteiger partial charge in [-0.05, 0) is 63.7 Å². The molecule has 0 spiro atoms. The fraction of sp³-hybridized carbons (Fsp3) is 0.905. The average Bonchev–Trinajstić information content (AvgIpc) is 3.07. The third-order valence-electron chi connectivity index (χ3n) is 6.15. The van der Waals surface area contributed by atoms with E-state index in [4.69, 9.17) is 5.73 Å². The second-order valence-corrected chi connectivity index (χ2v) is 9.32. The first-order valence-corrected chi connectivity index (χ1v) is 10.6. The number of halogens is 1. The SMILES string of the molecule is CC(C)CC(C)(CN)NC(=O)C1CCC(NC(=O)CC2CCCC2)CC1.Cl. The van der Waals surface area contributed by atoms with Crippen molar-refractivity contribution in [3.63, 3.8) is 0 Å². The largest absolute Gasteiger partial charge is 0.353 e. The molecule has 2 amide bonds. The Labute approximate surface area is 171 Å². The molecular formula is C21H40ClN3O2. The molecule has 2 aliphatic carbocycles. The van der Waals surface area contributed by atoms with Gasteiger partial charge in [0.2, 0.25) is 11.8 Å². The molecule has 2 rings (SSSR count). The smallest absolute Gasteiger partial charge is 0.223 e. The molecule has 158 valence electrons. The number of carbonyl (C=O) groups is 2. The maximum Gasteiger partial charge on any atom is 0.223 e. The number of rotatable bonds is 8. The van der Waals surface area contributed by atoms with Crippen molar-refractivity contribution in [1.29, 1.82) is 0 Å². The van der Waals surface area contributed by atoms with Crippen molar-refractivity contribution in [3.05, 3.63) is 0 Å². The summed E-state index contributed by atoms with van der Waals surface area (Å²) in [6.07, 6.45) is 10.0. The van der Waals surface area contributed by atoms with E-state index in [1.807, 2.05) is 6.92 Å². The minimum atomic E-state index is -0.322. The van der Waals surface area contributed by atoms with Crippen LogP contribution in [0.5, 0.6) is 0 Å². The Morgan fingerprint density at radius 2 is 1.67 bits per heavy atom. The van der Waals surface area contributed by atoms with Gasteiger partial charge in [0.15, 0.2) is 0 Å². The molecule has 0 aromatic carbocycles. The highest BCUT2D eigenvalue weighted by Crippen LogP contribution is 2.29. The summed E-state index contributed by atoms with van der Waals surface area (Å²) in [5.74, 6) is 1.48. The third kappa shape index (κ3) is 7.98. The Bertz CT molecular complexity index is 472. The zero-order valence-corrected chi connectivity index (χ0v) is 18.2. The summed E-state index contributed by atoms with van der Waals surface area (Å²) in [5.41, 5.74) is 5.59. The van der Waals surface area contributed by atoms with Gasteiger partial charge in [0.05, 0.1) is 0 Å². The lowest BCUT2D eigenvalue weighted by Gasteiger charge is -2.35. The number of nitrogens with one attached hydrogen (secondary N) is 2. The van der Waals surface area contributed by atoms with Crippen LogP contribution in [-0.2, 0) is 9.59 Å². The van der Waals surface area contributed by atoms with Crippen molar-refractivity contribution < 1.29 is 9.59 Å². The van der Waals surface area contributed by atoms with Gasteiger partial charge in [-0.1, -0.05) is 26.7 Å². The van der Waals surface area contributed by atoms with Crippen molar-refractivity contribution in [1.82, 2.24) is 10.6 Å². The quantitative estimate of drug-likeness (QED) is 0.581. The molecule has 27 heavy (non-hydrogen) atoms.